The molecule has 0 saturated heterocycles. The molecule has 1 aliphatic carbocycles. The van der Waals surface area contributed by atoms with Gasteiger partial charge in [-0.3, -0.25) is 4.79 Å². The molecule has 0 unspecified atom stereocenters. The lowest BCUT2D eigenvalue weighted by Gasteiger charge is -2.11. The minimum Gasteiger partial charge on any atom is -0.481 e. The van der Waals surface area contributed by atoms with Gasteiger partial charge in [-0.2, -0.15) is 0 Å². The summed E-state index contributed by atoms with van der Waals surface area (Å²) in [6, 6.07) is 0. The fourth-order valence-electron chi connectivity index (χ4n) is 3.12. The first-order chi connectivity index (χ1) is 12.6. The normalized spacial score (nSPS) is 17.5. The molecule has 0 heterocycles. The van der Waals surface area contributed by atoms with Crippen LogP contribution in [0.15, 0.2) is 36.5 Å². The number of aliphatic carboxylic acids is 1. The molecule has 1 aliphatic rings. The van der Waals surface area contributed by atoms with Gasteiger partial charge in [0.25, 0.3) is 0 Å². The van der Waals surface area contributed by atoms with E-state index in [1.165, 1.54) is 44.9 Å². The molecule has 1 saturated carbocycles. The number of hydrogen-bond donors (Lipinski definition) is 2. The summed E-state index contributed by atoms with van der Waals surface area (Å²) < 4.78 is 0. The highest BCUT2D eigenvalue weighted by molar-refractivity contribution is 5.66. The van der Waals surface area contributed by atoms with E-state index in [0.717, 1.165) is 18.8 Å². The molecule has 0 amide bonds. The third-order valence-corrected chi connectivity index (χ3v) is 4.92. The largest absolute Gasteiger partial charge is 0.481 e. The Morgan fingerprint density at radius 3 is 2.38 bits per heavy atom. The van der Waals surface area contributed by atoms with Gasteiger partial charge in [-0.15, -0.1) is 0 Å². The van der Waals surface area contributed by atoms with Crippen LogP contribution < -0.4 is 0 Å². The summed E-state index contributed by atoms with van der Waals surface area (Å²) in [7, 11) is 0. The van der Waals surface area contributed by atoms with Gasteiger partial charge in [-0.05, 0) is 69.6 Å². The van der Waals surface area contributed by atoms with Crippen LogP contribution in [0.5, 0.6) is 0 Å². The maximum absolute atomic E-state index is 10.4. The van der Waals surface area contributed by atoms with E-state index in [1.54, 1.807) is 0 Å². The maximum atomic E-state index is 10.4. The number of hydrogen-bond acceptors (Lipinski definition) is 2. The molecule has 1 fully saturated rings. The highest BCUT2D eigenvalue weighted by Gasteiger charge is 2.28. The predicted octanol–water partition coefficient (Wildman–Crippen LogP) is 6.05. The zero-order valence-electron chi connectivity index (χ0n) is 16.5. The van der Waals surface area contributed by atoms with E-state index in [9.17, 15) is 9.90 Å². The van der Waals surface area contributed by atoms with Crippen LogP contribution in [0.25, 0.3) is 0 Å². The van der Waals surface area contributed by atoms with Crippen LogP contribution in [-0.4, -0.2) is 22.3 Å². The Hall–Kier alpha value is -1.35. The second kappa shape index (κ2) is 14.8. The zero-order chi connectivity index (χ0) is 19.0. The van der Waals surface area contributed by atoms with E-state index in [-0.39, 0.29) is 6.42 Å². The highest BCUT2D eigenvalue weighted by atomic mass is 16.4. The Balaban J connectivity index is 2.19. The minimum absolute atomic E-state index is 0.211. The highest BCUT2D eigenvalue weighted by Crippen LogP contribution is 2.40. The average molecular weight is 363 g/mol. The van der Waals surface area contributed by atoms with E-state index >= 15 is 0 Å². The summed E-state index contributed by atoms with van der Waals surface area (Å²) in [5.74, 6) is 0.672. The number of rotatable bonds is 16. The van der Waals surface area contributed by atoms with Gasteiger partial charge in [0.05, 0.1) is 6.10 Å². The van der Waals surface area contributed by atoms with Gasteiger partial charge in [0.1, 0.15) is 0 Å². The van der Waals surface area contributed by atoms with Gasteiger partial charge in [0.2, 0.25) is 0 Å². The molecule has 26 heavy (non-hydrogen) atoms. The smallest absolute Gasteiger partial charge is 0.303 e. The summed E-state index contributed by atoms with van der Waals surface area (Å²) in [6.45, 7) is 2.24. The standard InChI is InChI=1S/C23H38O3/c1-2-3-4-5-6-7-10-13-20(21-16-17-21)18-19-22(24)14-11-8-9-12-15-23(25)26/h6-8,11,18-22,24H,2-5,9-10,12-17H2,1H3,(H,25,26)/t20-,22-/m1/s1. The molecule has 0 radical (unpaired) electrons. The second-order valence-electron chi connectivity index (χ2n) is 7.49. The van der Waals surface area contributed by atoms with Gasteiger partial charge in [0, 0.05) is 6.42 Å². The lowest BCUT2D eigenvalue weighted by molar-refractivity contribution is -0.137. The molecule has 0 aromatic rings. The summed E-state index contributed by atoms with van der Waals surface area (Å²) in [6.07, 6.45) is 24.7. The summed E-state index contributed by atoms with van der Waals surface area (Å²) in [5, 5.41) is 18.7. The van der Waals surface area contributed by atoms with Gasteiger partial charge in [-0.1, -0.05) is 56.2 Å². The SMILES string of the molecule is CCCCCC=CCC[C@H](C=C[C@H](O)CC=CCCCC(=O)O)C1CC1. The van der Waals surface area contributed by atoms with Crippen molar-refractivity contribution in [1.82, 2.24) is 0 Å². The Morgan fingerprint density at radius 2 is 1.69 bits per heavy atom. The molecule has 1 rings (SSSR count). The van der Waals surface area contributed by atoms with Crippen LogP contribution in [0, 0.1) is 11.8 Å². The third-order valence-electron chi connectivity index (χ3n) is 4.92. The predicted molar refractivity (Wildman–Crippen MR) is 109 cm³/mol. The van der Waals surface area contributed by atoms with Crippen molar-refractivity contribution in [2.45, 2.75) is 90.1 Å². The number of aliphatic hydroxyl groups is 1. The number of carbonyl (C=O) groups is 1. The average Bonchev–Trinajstić information content (AvgIpc) is 3.44. The Labute approximate surface area is 159 Å². The molecule has 2 N–H and O–H groups in total. The fourth-order valence-corrected chi connectivity index (χ4v) is 3.12. The van der Waals surface area contributed by atoms with Gasteiger partial charge in [0.15, 0.2) is 0 Å². The van der Waals surface area contributed by atoms with Crippen LogP contribution in [-0.2, 0) is 4.79 Å². The molecule has 0 aliphatic heterocycles. The molecule has 0 bridgehead atoms. The van der Waals surface area contributed by atoms with Gasteiger partial charge < -0.3 is 10.2 Å². The second-order valence-corrected chi connectivity index (χ2v) is 7.49. The van der Waals surface area contributed by atoms with Crippen molar-refractivity contribution in [3.63, 3.8) is 0 Å². The minimum atomic E-state index is -0.747. The van der Waals surface area contributed by atoms with Crippen molar-refractivity contribution in [3.8, 4) is 0 Å². The van der Waals surface area contributed by atoms with E-state index in [0.29, 0.717) is 18.8 Å². The topological polar surface area (TPSA) is 57.5 Å². The monoisotopic (exact) mass is 362 g/mol. The van der Waals surface area contributed by atoms with Crippen molar-refractivity contribution in [2.24, 2.45) is 11.8 Å². The number of aliphatic hydroxyl groups excluding tert-OH is 1. The van der Waals surface area contributed by atoms with Crippen LogP contribution in [0.1, 0.15) is 84.0 Å². The van der Waals surface area contributed by atoms with Crippen molar-refractivity contribution >= 4 is 5.97 Å². The van der Waals surface area contributed by atoms with Crippen LogP contribution in [0.2, 0.25) is 0 Å². The molecular formula is C23H38O3. The lowest BCUT2D eigenvalue weighted by atomic mass is 9.96. The van der Waals surface area contributed by atoms with Crippen LogP contribution in [0.4, 0.5) is 0 Å². The quantitative estimate of drug-likeness (QED) is 0.260. The molecule has 0 aromatic heterocycles. The Kier molecular flexibility index (Phi) is 12.9. The van der Waals surface area contributed by atoms with Crippen molar-refractivity contribution in [2.75, 3.05) is 0 Å². The maximum Gasteiger partial charge on any atom is 0.303 e. The molecule has 3 heteroatoms. The summed E-state index contributed by atoms with van der Waals surface area (Å²) in [4.78, 5) is 10.4. The fraction of sp³-hybridized carbons (Fsp3) is 0.696. The van der Waals surface area contributed by atoms with E-state index in [2.05, 4.69) is 25.2 Å². The first-order valence-corrected chi connectivity index (χ1v) is 10.5. The van der Waals surface area contributed by atoms with Crippen molar-refractivity contribution in [1.29, 1.82) is 0 Å². The van der Waals surface area contributed by atoms with Crippen LogP contribution in [0.3, 0.4) is 0 Å². The van der Waals surface area contributed by atoms with Gasteiger partial charge >= 0.3 is 5.97 Å². The van der Waals surface area contributed by atoms with E-state index in [1.807, 2.05) is 18.2 Å². The lowest BCUT2D eigenvalue weighted by Crippen LogP contribution is -2.04. The molecule has 0 aromatic carbocycles. The molecule has 3 nitrogen and oxygen atoms in total. The van der Waals surface area contributed by atoms with Crippen LogP contribution >= 0.6 is 0 Å². The first kappa shape index (κ1) is 22.7. The van der Waals surface area contributed by atoms with E-state index < -0.39 is 12.1 Å². The number of carboxylic acids is 1. The molecular weight excluding hydrogens is 324 g/mol. The van der Waals surface area contributed by atoms with E-state index in [4.69, 9.17) is 5.11 Å². The van der Waals surface area contributed by atoms with Crippen molar-refractivity contribution < 1.29 is 15.0 Å². The Morgan fingerprint density at radius 1 is 1.00 bits per heavy atom. The van der Waals surface area contributed by atoms with Gasteiger partial charge in [-0.25, -0.2) is 0 Å². The number of carboxylic acid groups (broad SMARTS) is 1. The zero-order valence-corrected chi connectivity index (χ0v) is 16.5. The molecule has 0 spiro atoms. The number of unbranched alkanes of at least 4 members (excludes halogenated alkanes) is 4. The third kappa shape index (κ3) is 12.9. The Bertz CT molecular complexity index is 446. The number of allylic oxidation sites excluding steroid dienone is 4. The first-order valence-electron chi connectivity index (χ1n) is 10.5. The summed E-state index contributed by atoms with van der Waals surface area (Å²) >= 11 is 0. The molecule has 148 valence electrons. The van der Waals surface area contributed by atoms with Crippen molar-refractivity contribution in [3.05, 3.63) is 36.5 Å². The summed E-state index contributed by atoms with van der Waals surface area (Å²) in [5.41, 5.74) is 0. The molecule has 2 atom stereocenters.